The van der Waals surface area contributed by atoms with Crippen LogP contribution in [0, 0.1) is 0 Å². The van der Waals surface area contributed by atoms with Gasteiger partial charge in [0.15, 0.2) is 11.7 Å². The molecule has 168 valence electrons. The highest BCUT2D eigenvalue weighted by Crippen LogP contribution is 2.22. The summed E-state index contributed by atoms with van der Waals surface area (Å²) in [5.41, 5.74) is 0.600. The van der Waals surface area contributed by atoms with Crippen LogP contribution in [-0.2, 0) is 27.2 Å². The molecule has 0 bridgehead atoms. The molecule has 2 N–H and O–H groups in total. The predicted octanol–water partition coefficient (Wildman–Crippen LogP) is 4.54. The molecule has 2 rings (SSSR count). The highest BCUT2D eigenvalue weighted by molar-refractivity contribution is 6.35. The predicted molar refractivity (Wildman–Crippen MR) is 121 cm³/mol. The van der Waals surface area contributed by atoms with Gasteiger partial charge < -0.3 is 19.9 Å². The lowest BCUT2D eigenvalue weighted by Gasteiger charge is -2.25. The lowest BCUT2D eigenvalue weighted by molar-refractivity contribution is -0.150. The summed E-state index contributed by atoms with van der Waals surface area (Å²) in [4.78, 5) is 23.8. The molecule has 0 saturated heterocycles. The first-order chi connectivity index (χ1) is 14.6. The smallest absolute Gasteiger partial charge is 0.333 e. The van der Waals surface area contributed by atoms with Crippen molar-refractivity contribution in [1.82, 2.24) is 5.32 Å². The molecule has 1 amide bonds. The minimum Gasteiger partial charge on any atom is -0.479 e. The van der Waals surface area contributed by atoms with Crippen molar-refractivity contribution in [3.05, 3.63) is 63.6 Å². The Labute approximate surface area is 192 Å². The fourth-order valence-corrected chi connectivity index (χ4v) is 3.42. The van der Waals surface area contributed by atoms with Crippen molar-refractivity contribution in [2.45, 2.75) is 45.3 Å². The second-order valence-electron chi connectivity index (χ2n) is 7.48. The van der Waals surface area contributed by atoms with Gasteiger partial charge in [-0.05, 0) is 62.6 Å². The molecule has 2 aromatic carbocycles. The van der Waals surface area contributed by atoms with E-state index in [-0.39, 0.29) is 12.3 Å². The second-order valence-corrected chi connectivity index (χ2v) is 8.33. The van der Waals surface area contributed by atoms with Crippen LogP contribution in [0.4, 0.5) is 0 Å². The third kappa shape index (κ3) is 7.73. The van der Waals surface area contributed by atoms with Crippen molar-refractivity contribution in [3.63, 3.8) is 0 Å². The number of aliphatic carboxylic acids is 1. The number of rotatable bonds is 11. The number of carboxylic acids is 1. The third-order valence-corrected chi connectivity index (χ3v) is 5.19. The maximum absolute atomic E-state index is 12.6. The summed E-state index contributed by atoms with van der Waals surface area (Å²) < 4.78 is 11.1. The van der Waals surface area contributed by atoms with Gasteiger partial charge in [-0.3, -0.25) is 4.79 Å². The largest absolute Gasteiger partial charge is 0.479 e. The molecule has 0 fully saturated rings. The van der Waals surface area contributed by atoms with Crippen LogP contribution in [0.1, 0.15) is 31.9 Å². The number of carbonyl (C=O) groups excluding carboxylic acids is 1. The van der Waals surface area contributed by atoms with E-state index >= 15 is 0 Å². The number of halogens is 2. The molecular formula is C23H27Cl2NO5. The average Bonchev–Trinajstić information content (AvgIpc) is 2.70. The molecule has 0 saturated carbocycles. The van der Waals surface area contributed by atoms with Gasteiger partial charge in [-0.15, -0.1) is 0 Å². The van der Waals surface area contributed by atoms with E-state index in [4.69, 9.17) is 32.7 Å². The minimum atomic E-state index is -1.10. The Balaban J connectivity index is 1.90. The molecule has 0 aliphatic heterocycles. The zero-order chi connectivity index (χ0) is 23.0. The van der Waals surface area contributed by atoms with Crippen LogP contribution < -0.4 is 10.1 Å². The van der Waals surface area contributed by atoms with Crippen LogP contribution in [-0.4, -0.2) is 41.8 Å². The molecule has 0 aliphatic carbocycles. The Kier molecular flexibility index (Phi) is 9.16. The normalized spacial score (nSPS) is 12.3. The third-order valence-electron chi connectivity index (χ3n) is 4.60. The summed E-state index contributed by atoms with van der Waals surface area (Å²) >= 11 is 12.1. The molecule has 6 nitrogen and oxygen atoms in total. The molecule has 0 heterocycles. The van der Waals surface area contributed by atoms with Crippen molar-refractivity contribution < 1.29 is 24.2 Å². The Morgan fingerprint density at radius 1 is 1.13 bits per heavy atom. The van der Waals surface area contributed by atoms with Gasteiger partial charge in [-0.25, -0.2) is 4.79 Å². The minimum absolute atomic E-state index is 0.251. The Bertz CT molecular complexity index is 899. The number of nitrogens with one attached hydrogen (secondary N) is 1. The first-order valence-electron chi connectivity index (χ1n) is 9.97. The van der Waals surface area contributed by atoms with Crippen LogP contribution in [0.25, 0.3) is 0 Å². The number of carboxylic acid groups (broad SMARTS) is 1. The van der Waals surface area contributed by atoms with Gasteiger partial charge in [0.05, 0.1) is 0 Å². The molecule has 0 unspecified atom stereocenters. The first kappa shape index (κ1) is 25.0. The summed E-state index contributed by atoms with van der Waals surface area (Å²) in [5, 5.41) is 13.2. The molecule has 2 aromatic rings. The van der Waals surface area contributed by atoms with E-state index in [0.717, 1.165) is 11.1 Å². The molecule has 0 radical (unpaired) electrons. The highest BCUT2D eigenvalue weighted by Gasteiger charge is 2.29. The van der Waals surface area contributed by atoms with Gasteiger partial charge in [-0.2, -0.15) is 0 Å². The van der Waals surface area contributed by atoms with E-state index in [1.165, 1.54) is 0 Å². The fraction of sp³-hybridized carbons (Fsp3) is 0.391. The molecule has 31 heavy (non-hydrogen) atoms. The summed E-state index contributed by atoms with van der Waals surface area (Å²) in [6, 6.07) is 12.2. The van der Waals surface area contributed by atoms with E-state index in [1.54, 1.807) is 57.2 Å². The topological polar surface area (TPSA) is 84.9 Å². The summed E-state index contributed by atoms with van der Waals surface area (Å²) in [5.74, 6) is -0.753. The summed E-state index contributed by atoms with van der Waals surface area (Å²) in [7, 11) is 0. The van der Waals surface area contributed by atoms with Gasteiger partial charge in [0.1, 0.15) is 5.75 Å². The molecule has 0 aliphatic rings. The van der Waals surface area contributed by atoms with Crippen LogP contribution in [0.2, 0.25) is 10.0 Å². The van der Waals surface area contributed by atoms with Gasteiger partial charge in [0.25, 0.3) is 5.91 Å². The lowest BCUT2D eigenvalue weighted by atomic mass is 10.1. The summed E-state index contributed by atoms with van der Waals surface area (Å²) in [6.07, 6.45) is -0.0781. The Morgan fingerprint density at radius 3 is 2.39 bits per heavy atom. The fourth-order valence-electron chi connectivity index (χ4n) is 2.92. The number of carbonyl (C=O) groups is 2. The van der Waals surface area contributed by atoms with Crippen molar-refractivity contribution in [2.24, 2.45) is 0 Å². The van der Waals surface area contributed by atoms with Crippen LogP contribution in [0.3, 0.4) is 0 Å². The molecule has 0 spiro atoms. The van der Waals surface area contributed by atoms with E-state index in [9.17, 15) is 14.7 Å². The Hall–Kier alpha value is -2.28. The van der Waals surface area contributed by atoms with Crippen LogP contribution >= 0.6 is 23.2 Å². The van der Waals surface area contributed by atoms with Gasteiger partial charge in [0.2, 0.25) is 0 Å². The number of hydrogen-bond donors (Lipinski definition) is 2. The monoisotopic (exact) mass is 467 g/mol. The van der Waals surface area contributed by atoms with Crippen molar-refractivity contribution in [1.29, 1.82) is 0 Å². The van der Waals surface area contributed by atoms with Gasteiger partial charge in [0, 0.05) is 29.6 Å². The maximum atomic E-state index is 12.6. The average molecular weight is 468 g/mol. The van der Waals surface area contributed by atoms with E-state index < -0.39 is 17.7 Å². The van der Waals surface area contributed by atoms with Crippen molar-refractivity contribution >= 4 is 35.1 Å². The highest BCUT2D eigenvalue weighted by atomic mass is 35.5. The summed E-state index contributed by atoms with van der Waals surface area (Å²) in [6.45, 7) is 5.85. The molecular weight excluding hydrogens is 441 g/mol. The standard InChI is InChI=1S/C23H27Cl2NO5/c1-4-30-20(21(27)28)13-15-5-9-18(10-6-15)31-23(2,3)22(29)26-12-11-16-7-8-17(24)14-19(16)25/h5-10,14,20H,4,11-13H2,1-3H3,(H,26,29)(H,27,28)/t20-/m0/s1. The number of benzene rings is 2. The SMILES string of the molecule is CCO[C@@H](Cc1ccc(OC(C)(C)C(=O)NCCc2ccc(Cl)cc2Cl)cc1)C(=O)O. The molecule has 0 aromatic heterocycles. The molecule has 8 heteroatoms. The zero-order valence-corrected chi connectivity index (χ0v) is 19.3. The van der Waals surface area contributed by atoms with E-state index in [1.807, 2.05) is 6.07 Å². The number of ether oxygens (including phenoxy) is 2. The quantitative estimate of drug-likeness (QED) is 0.506. The first-order valence-corrected chi connectivity index (χ1v) is 10.7. The van der Waals surface area contributed by atoms with Crippen molar-refractivity contribution in [3.8, 4) is 5.75 Å². The molecule has 1 atom stereocenters. The zero-order valence-electron chi connectivity index (χ0n) is 17.8. The van der Waals surface area contributed by atoms with Gasteiger partial charge in [-0.1, -0.05) is 41.4 Å². The van der Waals surface area contributed by atoms with E-state index in [2.05, 4.69) is 5.32 Å². The maximum Gasteiger partial charge on any atom is 0.333 e. The lowest BCUT2D eigenvalue weighted by Crippen LogP contribution is -2.47. The number of hydrogen-bond acceptors (Lipinski definition) is 4. The van der Waals surface area contributed by atoms with Crippen molar-refractivity contribution in [2.75, 3.05) is 13.2 Å². The Morgan fingerprint density at radius 2 is 1.81 bits per heavy atom. The second kappa shape index (κ2) is 11.4. The van der Waals surface area contributed by atoms with E-state index in [0.29, 0.717) is 35.4 Å². The van der Waals surface area contributed by atoms with Gasteiger partial charge >= 0.3 is 5.97 Å². The number of amides is 1. The van der Waals surface area contributed by atoms with Crippen LogP contribution in [0.15, 0.2) is 42.5 Å². The van der Waals surface area contributed by atoms with Crippen LogP contribution in [0.5, 0.6) is 5.75 Å².